The van der Waals surface area contributed by atoms with Gasteiger partial charge >= 0.3 is 0 Å². The van der Waals surface area contributed by atoms with Crippen molar-refractivity contribution in [2.75, 3.05) is 16.5 Å². The van der Waals surface area contributed by atoms with Gasteiger partial charge in [0.2, 0.25) is 0 Å². The first-order valence-corrected chi connectivity index (χ1v) is 22.4. The zero-order chi connectivity index (χ0) is 42.9. The van der Waals surface area contributed by atoms with Crippen molar-refractivity contribution in [3.05, 3.63) is 265 Å². The van der Waals surface area contributed by atoms with E-state index in [9.17, 15) is 0 Å². The molecule has 65 heavy (non-hydrogen) atoms. The largest absolute Gasteiger partial charge is 0.321 e. The van der Waals surface area contributed by atoms with Crippen molar-refractivity contribution in [1.82, 2.24) is 9.55 Å². The first-order chi connectivity index (χ1) is 32.3. The fourth-order valence-corrected chi connectivity index (χ4v) is 11.0. The van der Waals surface area contributed by atoms with Crippen LogP contribution in [0.3, 0.4) is 0 Å². The summed E-state index contributed by atoms with van der Waals surface area (Å²) < 4.78 is 2.37. The molecule has 0 fully saturated rings. The summed E-state index contributed by atoms with van der Waals surface area (Å²) >= 11 is 0. The molecule has 0 saturated carbocycles. The molecule has 0 atom stereocenters. The highest BCUT2D eigenvalue weighted by Crippen LogP contribution is 2.57. The van der Waals surface area contributed by atoms with Gasteiger partial charge in [0.1, 0.15) is 12.5 Å². The van der Waals surface area contributed by atoms with E-state index in [-0.39, 0.29) is 0 Å². The third-order valence-electron chi connectivity index (χ3n) is 13.8. The van der Waals surface area contributed by atoms with E-state index < -0.39 is 5.41 Å². The normalized spacial score (nSPS) is 13.5. The standard InChI is InChI=1S/C61H42N4/c1-3-18-42(19-4-1)48-24-7-8-25-49(48)43-36-37-62-60(38-43)65-56-31-14-11-28-52(56)53-35-34-45(40-59(53)65)61(54-29-12-9-26-50(54)51-27-10-13-30-55(51)61)44-20-17-23-47(39-44)64-41-63(46-21-5-2-6-22-46)57-32-15-16-33-58(57)64/h1-40H,41H2. The van der Waals surface area contributed by atoms with E-state index in [1.54, 1.807) is 0 Å². The Kier molecular flexibility index (Phi) is 8.47. The lowest BCUT2D eigenvalue weighted by atomic mass is 9.67. The molecule has 3 heterocycles. The van der Waals surface area contributed by atoms with Gasteiger partial charge in [0, 0.05) is 28.3 Å². The summed E-state index contributed by atoms with van der Waals surface area (Å²) in [6.07, 6.45) is 1.96. The third-order valence-corrected chi connectivity index (χ3v) is 13.8. The number of anilines is 4. The van der Waals surface area contributed by atoms with Gasteiger partial charge in [-0.1, -0.05) is 176 Å². The zero-order valence-electron chi connectivity index (χ0n) is 35.6. The van der Waals surface area contributed by atoms with Crippen molar-refractivity contribution < 1.29 is 0 Å². The second kappa shape index (κ2) is 14.8. The summed E-state index contributed by atoms with van der Waals surface area (Å²) in [6.45, 7) is 0.709. The lowest BCUT2D eigenvalue weighted by Crippen LogP contribution is -2.29. The third kappa shape index (κ3) is 5.67. The van der Waals surface area contributed by atoms with Crippen LogP contribution in [0.15, 0.2) is 243 Å². The molecule has 0 radical (unpaired) electrons. The quantitative estimate of drug-likeness (QED) is 0.160. The molecule has 2 aliphatic rings. The van der Waals surface area contributed by atoms with Gasteiger partial charge in [0.25, 0.3) is 0 Å². The van der Waals surface area contributed by atoms with Crippen LogP contribution in [-0.4, -0.2) is 16.2 Å². The summed E-state index contributed by atoms with van der Waals surface area (Å²) in [5.74, 6) is 0.882. The van der Waals surface area contributed by atoms with Gasteiger partial charge in [-0.2, -0.15) is 0 Å². The molecule has 0 saturated heterocycles. The highest BCUT2D eigenvalue weighted by atomic mass is 15.4. The molecule has 1 aliphatic heterocycles. The maximum absolute atomic E-state index is 5.14. The Labute approximate surface area is 378 Å². The van der Waals surface area contributed by atoms with E-state index in [1.165, 1.54) is 77.9 Å². The number of hydrogen-bond acceptors (Lipinski definition) is 3. The molecule has 0 bridgehead atoms. The zero-order valence-corrected chi connectivity index (χ0v) is 35.6. The molecule has 2 aromatic heterocycles. The van der Waals surface area contributed by atoms with Crippen molar-refractivity contribution >= 4 is 44.6 Å². The topological polar surface area (TPSA) is 24.3 Å². The fourth-order valence-electron chi connectivity index (χ4n) is 11.0. The van der Waals surface area contributed by atoms with Crippen LogP contribution in [0.25, 0.3) is 61.0 Å². The second-order valence-electron chi connectivity index (χ2n) is 17.1. The average Bonchev–Trinajstić information content (AvgIpc) is 4.04. The first-order valence-electron chi connectivity index (χ1n) is 22.4. The van der Waals surface area contributed by atoms with E-state index in [1.807, 2.05) is 6.20 Å². The van der Waals surface area contributed by atoms with E-state index in [0.717, 1.165) is 28.1 Å². The van der Waals surface area contributed by atoms with Crippen molar-refractivity contribution in [1.29, 1.82) is 0 Å². The average molecular weight is 831 g/mol. The van der Waals surface area contributed by atoms with Crippen molar-refractivity contribution in [2.24, 2.45) is 0 Å². The molecule has 11 aromatic rings. The number of benzene rings is 9. The molecule has 4 nitrogen and oxygen atoms in total. The van der Waals surface area contributed by atoms with Crippen LogP contribution in [0.1, 0.15) is 22.3 Å². The van der Waals surface area contributed by atoms with Gasteiger partial charge < -0.3 is 9.80 Å². The number of rotatable bonds is 7. The highest BCUT2D eigenvalue weighted by Gasteiger charge is 2.46. The summed E-state index contributed by atoms with van der Waals surface area (Å²) in [5, 5.41) is 2.39. The highest BCUT2D eigenvalue weighted by molar-refractivity contribution is 6.09. The minimum atomic E-state index is -0.624. The SMILES string of the molecule is c1ccc(-c2ccccc2-c2ccnc(-n3c4ccccc4c4ccc(C5(c6cccc(N7CN(c8ccccc8)c8ccccc87)c6)c6ccccc6-c6ccccc65)cc43)c2)cc1. The molecule has 0 amide bonds. The Bertz CT molecular complexity index is 3560. The molecular formula is C61H42N4. The van der Waals surface area contributed by atoms with Crippen molar-refractivity contribution in [3.8, 4) is 39.2 Å². The second-order valence-corrected chi connectivity index (χ2v) is 17.1. The monoisotopic (exact) mass is 830 g/mol. The molecule has 0 unspecified atom stereocenters. The molecule has 13 rings (SSSR count). The Hall–Kier alpha value is -8.47. The molecular weight excluding hydrogens is 789 g/mol. The van der Waals surface area contributed by atoms with E-state index in [0.29, 0.717) is 6.67 Å². The van der Waals surface area contributed by atoms with Crippen LogP contribution in [0.5, 0.6) is 0 Å². The van der Waals surface area contributed by atoms with Gasteiger partial charge in [-0.05, 0) is 116 Å². The van der Waals surface area contributed by atoms with Gasteiger partial charge in [0.15, 0.2) is 0 Å². The van der Waals surface area contributed by atoms with Gasteiger partial charge in [-0.3, -0.25) is 4.57 Å². The summed E-state index contributed by atoms with van der Waals surface area (Å²) in [4.78, 5) is 10.0. The van der Waals surface area contributed by atoms with Crippen molar-refractivity contribution in [3.63, 3.8) is 0 Å². The number of fused-ring (bicyclic) bond motifs is 7. The van der Waals surface area contributed by atoms with Gasteiger partial charge in [0.05, 0.1) is 27.8 Å². The Morgan fingerprint density at radius 2 is 0.923 bits per heavy atom. The van der Waals surface area contributed by atoms with Crippen molar-refractivity contribution in [2.45, 2.75) is 5.41 Å². The van der Waals surface area contributed by atoms with E-state index >= 15 is 0 Å². The number of para-hydroxylation sites is 4. The van der Waals surface area contributed by atoms with Gasteiger partial charge in [-0.25, -0.2) is 4.98 Å². The maximum atomic E-state index is 5.14. The minimum absolute atomic E-state index is 0.624. The van der Waals surface area contributed by atoms with Crippen LogP contribution >= 0.6 is 0 Å². The molecule has 9 aromatic carbocycles. The summed E-state index contributed by atoms with van der Waals surface area (Å²) in [7, 11) is 0. The Morgan fingerprint density at radius 1 is 0.369 bits per heavy atom. The maximum Gasteiger partial charge on any atom is 0.138 e. The fraction of sp³-hybridized carbons (Fsp3) is 0.0328. The predicted octanol–water partition coefficient (Wildman–Crippen LogP) is 15.1. The van der Waals surface area contributed by atoms with Crippen LogP contribution < -0.4 is 9.80 Å². The molecule has 306 valence electrons. The Morgan fingerprint density at radius 3 is 1.66 bits per heavy atom. The number of pyridine rings is 1. The van der Waals surface area contributed by atoms with Crippen LogP contribution in [0.4, 0.5) is 22.7 Å². The van der Waals surface area contributed by atoms with E-state index in [4.69, 9.17) is 4.98 Å². The lowest BCUT2D eigenvalue weighted by molar-refractivity contribution is 0.768. The van der Waals surface area contributed by atoms with E-state index in [2.05, 4.69) is 251 Å². The molecule has 0 N–H and O–H groups in total. The summed E-state index contributed by atoms with van der Waals surface area (Å²) in [5.41, 5.74) is 18.6. The van der Waals surface area contributed by atoms with Crippen LogP contribution in [-0.2, 0) is 5.41 Å². The Balaban J connectivity index is 1.03. The van der Waals surface area contributed by atoms with Gasteiger partial charge in [-0.15, -0.1) is 0 Å². The summed E-state index contributed by atoms with van der Waals surface area (Å²) in [6, 6.07) is 86.5. The smallest absolute Gasteiger partial charge is 0.138 e. The van der Waals surface area contributed by atoms with Crippen LogP contribution in [0, 0.1) is 0 Å². The number of nitrogens with zero attached hydrogens (tertiary/aromatic N) is 4. The number of hydrogen-bond donors (Lipinski definition) is 0. The predicted molar refractivity (Wildman–Crippen MR) is 269 cm³/mol. The molecule has 1 aliphatic carbocycles. The molecule has 0 spiro atoms. The molecule has 4 heteroatoms. The first kappa shape index (κ1) is 37.1. The minimum Gasteiger partial charge on any atom is -0.321 e. The lowest BCUT2D eigenvalue weighted by Gasteiger charge is -2.35. The van der Waals surface area contributed by atoms with Crippen LogP contribution in [0.2, 0.25) is 0 Å². The number of aromatic nitrogens is 2.